The number of nitriles is 1. The number of aryl methyl sites for hydroxylation is 2. The first-order chi connectivity index (χ1) is 15.5. The van der Waals surface area contributed by atoms with Crippen molar-refractivity contribution < 1.29 is 9.53 Å². The lowest BCUT2D eigenvalue weighted by Gasteiger charge is -2.29. The van der Waals surface area contributed by atoms with Gasteiger partial charge in [0.2, 0.25) is 0 Å². The second-order valence-electron chi connectivity index (χ2n) is 7.19. The van der Waals surface area contributed by atoms with Crippen molar-refractivity contribution in [3.63, 3.8) is 0 Å². The van der Waals surface area contributed by atoms with Gasteiger partial charge < -0.3 is 10.1 Å². The second kappa shape index (κ2) is 15.0. The van der Waals surface area contributed by atoms with E-state index in [1.165, 1.54) is 5.54 Å². The van der Waals surface area contributed by atoms with E-state index in [4.69, 9.17) is 21.6 Å². The predicted octanol–water partition coefficient (Wildman–Crippen LogP) is 6.34. The van der Waals surface area contributed by atoms with Gasteiger partial charge in [-0.25, -0.2) is 0 Å². The molecule has 1 heterocycles. The third-order valence-electron chi connectivity index (χ3n) is 5.06. The maximum atomic E-state index is 12.3. The summed E-state index contributed by atoms with van der Waals surface area (Å²) in [5, 5.41) is 12.2. The lowest BCUT2D eigenvalue weighted by atomic mass is 9.92. The number of carbonyl (C=O) groups excluding carboxylic acids is 1. The van der Waals surface area contributed by atoms with Crippen molar-refractivity contribution in [2.24, 2.45) is 0 Å². The van der Waals surface area contributed by atoms with Crippen LogP contribution < -0.4 is 10.1 Å². The number of nitrogens with zero attached hydrogens (tertiary/aromatic N) is 2. The second-order valence-corrected chi connectivity index (χ2v) is 7.50. The molecule has 1 aliphatic rings. The van der Waals surface area contributed by atoms with Crippen LogP contribution in [0.2, 0.25) is 0 Å². The zero-order valence-electron chi connectivity index (χ0n) is 19.5. The van der Waals surface area contributed by atoms with Crippen LogP contribution in [0.15, 0.2) is 48.6 Å². The number of hydrogen-bond acceptors (Lipinski definition) is 4. The molecule has 172 valence electrons. The lowest BCUT2D eigenvalue weighted by Crippen LogP contribution is -2.39. The molecule has 0 aliphatic heterocycles. The third kappa shape index (κ3) is 8.72. The Morgan fingerprint density at radius 1 is 1.28 bits per heavy atom. The molecule has 0 saturated heterocycles. The van der Waals surface area contributed by atoms with Crippen LogP contribution in [-0.2, 0) is 6.42 Å². The van der Waals surface area contributed by atoms with E-state index in [9.17, 15) is 4.79 Å². The van der Waals surface area contributed by atoms with E-state index in [1.54, 1.807) is 6.20 Å². The van der Waals surface area contributed by atoms with Gasteiger partial charge in [-0.05, 0) is 80.5 Å². The van der Waals surface area contributed by atoms with Gasteiger partial charge >= 0.3 is 0 Å². The molecule has 5 nitrogen and oxygen atoms in total. The molecule has 6 heteroatoms. The molecule has 1 saturated carbocycles. The molecular weight excluding hydrogens is 422 g/mol. The van der Waals surface area contributed by atoms with E-state index >= 15 is 0 Å². The van der Waals surface area contributed by atoms with E-state index in [1.807, 2.05) is 58.0 Å². The molecule has 0 radical (unpaired) electrons. The van der Waals surface area contributed by atoms with E-state index in [0.717, 1.165) is 49.1 Å². The maximum absolute atomic E-state index is 12.3. The highest BCUT2D eigenvalue weighted by Crippen LogP contribution is 2.26. The first kappa shape index (κ1) is 27.2. The predicted molar refractivity (Wildman–Crippen MR) is 131 cm³/mol. The van der Waals surface area contributed by atoms with Crippen LogP contribution in [0, 0.1) is 18.3 Å². The van der Waals surface area contributed by atoms with Crippen molar-refractivity contribution in [3.05, 3.63) is 71.0 Å². The van der Waals surface area contributed by atoms with Gasteiger partial charge in [-0.3, -0.25) is 9.78 Å². The SMILES string of the molecule is C=CCl.CC.CCc1cc(OC2CCC(NC(=O)c3ccc(C)nc3)CC2)ccc1C#N. The minimum Gasteiger partial charge on any atom is -0.490 e. The summed E-state index contributed by atoms with van der Waals surface area (Å²) < 4.78 is 6.12. The van der Waals surface area contributed by atoms with Crippen LogP contribution in [0.1, 0.15) is 73.6 Å². The van der Waals surface area contributed by atoms with Crippen molar-refractivity contribution in [2.75, 3.05) is 0 Å². The fourth-order valence-corrected chi connectivity index (χ4v) is 3.43. The van der Waals surface area contributed by atoms with E-state index in [-0.39, 0.29) is 18.1 Å². The van der Waals surface area contributed by atoms with Gasteiger partial charge in [0.05, 0.1) is 23.3 Å². The van der Waals surface area contributed by atoms with Gasteiger partial charge in [0.15, 0.2) is 0 Å². The number of aromatic nitrogens is 1. The van der Waals surface area contributed by atoms with Gasteiger partial charge in [0.25, 0.3) is 5.91 Å². The number of amides is 1. The topological polar surface area (TPSA) is 75.0 Å². The Labute approximate surface area is 197 Å². The van der Waals surface area contributed by atoms with Crippen LogP contribution in [0.3, 0.4) is 0 Å². The highest BCUT2D eigenvalue weighted by Gasteiger charge is 2.24. The van der Waals surface area contributed by atoms with Crippen molar-refractivity contribution in [3.8, 4) is 11.8 Å². The van der Waals surface area contributed by atoms with Crippen LogP contribution in [0.4, 0.5) is 0 Å². The van der Waals surface area contributed by atoms with Crippen LogP contribution in [-0.4, -0.2) is 23.0 Å². The van der Waals surface area contributed by atoms with Crippen LogP contribution >= 0.6 is 11.6 Å². The average Bonchev–Trinajstić information content (AvgIpc) is 2.82. The molecule has 3 rings (SSSR count). The van der Waals surface area contributed by atoms with Gasteiger partial charge in [0.1, 0.15) is 5.75 Å². The monoisotopic (exact) mass is 455 g/mol. The molecule has 1 N–H and O–H groups in total. The number of nitrogens with one attached hydrogen (secondary N) is 1. The fourth-order valence-electron chi connectivity index (χ4n) is 3.43. The molecule has 0 atom stereocenters. The lowest BCUT2D eigenvalue weighted by molar-refractivity contribution is 0.0893. The van der Waals surface area contributed by atoms with Crippen LogP contribution in [0.5, 0.6) is 5.75 Å². The average molecular weight is 456 g/mol. The number of halogens is 1. The normalized spacial score (nSPS) is 16.8. The highest BCUT2D eigenvalue weighted by atomic mass is 35.5. The Balaban J connectivity index is 0.000000944. The van der Waals surface area contributed by atoms with E-state index in [2.05, 4.69) is 22.9 Å². The first-order valence-electron chi connectivity index (χ1n) is 11.1. The minimum absolute atomic E-state index is 0.0634. The third-order valence-corrected chi connectivity index (χ3v) is 5.06. The number of benzene rings is 1. The number of hydrogen-bond donors (Lipinski definition) is 1. The van der Waals surface area contributed by atoms with Crippen molar-refractivity contribution in [1.82, 2.24) is 10.3 Å². The van der Waals surface area contributed by atoms with Crippen molar-refractivity contribution >= 4 is 17.5 Å². The molecule has 1 aliphatic carbocycles. The van der Waals surface area contributed by atoms with Gasteiger partial charge in [-0.15, -0.1) is 0 Å². The largest absolute Gasteiger partial charge is 0.490 e. The zero-order valence-corrected chi connectivity index (χ0v) is 20.3. The molecule has 1 aromatic heterocycles. The Bertz CT molecular complexity index is 883. The smallest absolute Gasteiger partial charge is 0.253 e. The first-order valence-corrected chi connectivity index (χ1v) is 11.6. The summed E-state index contributed by atoms with van der Waals surface area (Å²) in [6.45, 7) is 11.1. The van der Waals surface area contributed by atoms with E-state index in [0.29, 0.717) is 11.1 Å². The fraction of sp³-hybridized carbons (Fsp3) is 0.423. The number of carbonyl (C=O) groups is 1. The molecule has 32 heavy (non-hydrogen) atoms. The number of ether oxygens (including phenoxy) is 1. The summed E-state index contributed by atoms with van der Waals surface area (Å²) in [6.07, 6.45) is 6.18. The molecule has 1 aromatic carbocycles. The molecule has 0 bridgehead atoms. The van der Waals surface area contributed by atoms with Crippen molar-refractivity contribution in [2.45, 2.75) is 71.9 Å². The Morgan fingerprint density at radius 3 is 2.47 bits per heavy atom. The van der Waals surface area contributed by atoms with Crippen LogP contribution in [0.25, 0.3) is 0 Å². The summed E-state index contributed by atoms with van der Waals surface area (Å²) in [7, 11) is 0. The molecule has 1 fully saturated rings. The number of pyridine rings is 1. The summed E-state index contributed by atoms with van der Waals surface area (Å²) in [5.41, 5.74) is 4.45. The van der Waals surface area contributed by atoms with Gasteiger partial charge in [-0.1, -0.05) is 39.0 Å². The maximum Gasteiger partial charge on any atom is 0.253 e. The molecule has 2 aromatic rings. The Kier molecular flexibility index (Phi) is 12.8. The molecular formula is C26H34ClN3O2. The summed E-state index contributed by atoms with van der Waals surface area (Å²) in [6, 6.07) is 11.7. The Morgan fingerprint density at radius 2 is 1.94 bits per heavy atom. The standard InChI is InChI=1S/C22H25N3O2.C2H3Cl.C2H6/c1-3-16-12-21(9-6-17(16)13-23)27-20-10-7-19(8-11-20)25-22(26)18-5-4-15(2)24-14-18;1-2-3;1-2/h4-6,9,12,14,19-20H,3,7-8,10-11H2,1-2H3,(H,25,26);2H,1H2;1-2H3. The summed E-state index contributed by atoms with van der Waals surface area (Å²) >= 11 is 4.76. The number of rotatable bonds is 5. The van der Waals surface area contributed by atoms with Gasteiger partial charge in [0, 0.05) is 17.9 Å². The quantitative estimate of drug-likeness (QED) is 0.570. The molecule has 1 amide bonds. The van der Waals surface area contributed by atoms with Crippen molar-refractivity contribution in [1.29, 1.82) is 5.26 Å². The van der Waals surface area contributed by atoms with E-state index < -0.39 is 0 Å². The minimum atomic E-state index is -0.0634. The van der Waals surface area contributed by atoms with Gasteiger partial charge in [-0.2, -0.15) is 5.26 Å². The summed E-state index contributed by atoms with van der Waals surface area (Å²) in [5.74, 6) is 0.760. The highest BCUT2D eigenvalue weighted by molar-refractivity contribution is 6.25. The zero-order chi connectivity index (χ0) is 23.9. The molecule has 0 unspecified atom stereocenters. The Hall–Kier alpha value is -2.84. The summed E-state index contributed by atoms with van der Waals surface area (Å²) in [4.78, 5) is 16.5. The molecule has 0 spiro atoms.